The maximum Gasteiger partial charge on any atom is 0.412 e. The van der Waals surface area contributed by atoms with Gasteiger partial charge in [-0.2, -0.15) is 0 Å². The molecule has 0 atom stereocenters. The SMILES string of the molecule is CCCCOC(=O)Nc1cc(Sc2ccc(N)cc2)ccn1. The summed E-state index contributed by atoms with van der Waals surface area (Å²) in [5, 5.41) is 2.63. The van der Waals surface area contributed by atoms with Gasteiger partial charge in [-0.15, -0.1) is 0 Å². The Bertz CT molecular complexity index is 617. The molecule has 0 saturated heterocycles. The van der Waals surface area contributed by atoms with Crippen LogP contribution in [0.5, 0.6) is 0 Å². The van der Waals surface area contributed by atoms with E-state index in [-0.39, 0.29) is 0 Å². The second kappa shape index (κ2) is 8.29. The average molecular weight is 317 g/mol. The Hall–Kier alpha value is -2.21. The van der Waals surface area contributed by atoms with E-state index in [1.807, 2.05) is 43.3 Å². The van der Waals surface area contributed by atoms with Crippen molar-refractivity contribution in [3.05, 3.63) is 42.6 Å². The number of benzene rings is 1. The normalized spacial score (nSPS) is 10.2. The molecule has 3 N–H and O–H groups in total. The van der Waals surface area contributed by atoms with Crippen LogP contribution in [0.15, 0.2) is 52.4 Å². The number of unbranched alkanes of at least 4 members (excludes halogenated alkanes) is 1. The first-order valence-corrected chi connectivity index (χ1v) is 7.92. The molecule has 1 aromatic heterocycles. The molecule has 2 aromatic rings. The van der Waals surface area contributed by atoms with Crippen molar-refractivity contribution in [2.24, 2.45) is 0 Å². The van der Waals surface area contributed by atoms with Crippen molar-refractivity contribution < 1.29 is 9.53 Å². The van der Waals surface area contributed by atoms with Crippen LogP contribution in [0.2, 0.25) is 0 Å². The molecule has 1 heterocycles. The van der Waals surface area contributed by atoms with Gasteiger partial charge >= 0.3 is 6.09 Å². The first kappa shape index (κ1) is 16.2. The number of nitrogens with one attached hydrogen (secondary N) is 1. The van der Waals surface area contributed by atoms with E-state index in [4.69, 9.17) is 10.5 Å². The molecule has 0 bridgehead atoms. The topological polar surface area (TPSA) is 77.2 Å². The molecule has 0 aliphatic heterocycles. The number of nitrogens with two attached hydrogens (primary N) is 1. The molecule has 0 saturated carbocycles. The molecule has 0 aliphatic rings. The Morgan fingerprint density at radius 1 is 1.27 bits per heavy atom. The molecule has 22 heavy (non-hydrogen) atoms. The summed E-state index contributed by atoms with van der Waals surface area (Å²) in [6.45, 7) is 2.46. The molecule has 0 radical (unpaired) electrons. The number of nitrogen functional groups attached to an aromatic ring is 1. The van der Waals surface area contributed by atoms with Crippen LogP contribution in [0.1, 0.15) is 19.8 Å². The van der Waals surface area contributed by atoms with E-state index in [0.29, 0.717) is 12.4 Å². The summed E-state index contributed by atoms with van der Waals surface area (Å²) in [5.74, 6) is 0.474. The third-order valence-electron chi connectivity index (χ3n) is 2.81. The number of nitrogens with zero attached hydrogens (tertiary/aromatic N) is 1. The highest BCUT2D eigenvalue weighted by molar-refractivity contribution is 7.99. The zero-order valence-electron chi connectivity index (χ0n) is 12.4. The summed E-state index contributed by atoms with van der Waals surface area (Å²) in [4.78, 5) is 17.8. The zero-order valence-corrected chi connectivity index (χ0v) is 13.2. The fourth-order valence-electron chi connectivity index (χ4n) is 1.66. The van der Waals surface area contributed by atoms with Crippen molar-refractivity contribution in [1.29, 1.82) is 0 Å². The molecular weight excluding hydrogens is 298 g/mol. The summed E-state index contributed by atoms with van der Waals surface area (Å²) in [6, 6.07) is 11.3. The van der Waals surface area contributed by atoms with Gasteiger partial charge < -0.3 is 10.5 Å². The van der Waals surface area contributed by atoms with Crippen LogP contribution in [0.25, 0.3) is 0 Å². The Balaban J connectivity index is 1.94. The number of anilines is 2. The van der Waals surface area contributed by atoms with E-state index >= 15 is 0 Å². The van der Waals surface area contributed by atoms with Crippen LogP contribution >= 0.6 is 11.8 Å². The lowest BCUT2D eigenvalue weighted by Gasteiger charge is -2.07. The Morgan fingerprint density at radius 3 is 2.77 bits per heavy atom. The van der Waals surface area contributed by atoms with Crippen molar-refractivity contribution in [1.82, 2.24) is 4.98 Å². The van der Waals surface area contributed by atoms with E-state index in [9.17, 15) is 4.79 Å². The van der Waals surface area contributed by atoms with Crippen molar-refractivity contribution in [2.75, 3.05) is 17.7 Å². The van der Waals surface area contributed by atoms with Crippen molar-refractivity contribution >= 4 is 29.4 Å². The zero-order chi connectivity index (χ0) is 15.8. The van der Waals surface area contributed by atoms with Gasteiger partial charge in [0.2, 0.25) is 0 Å². The number of carbonyl (C=O) groups excluding carboxylic acids is 1. The molecule has 0 aliphatic carbocycles. The predicted molar refractivity (Wildman–Crippen MR) is 89.1 cm³/mol. The van der Waals surface area contributed by atoms with Crippen LogP contribution in [0.3, 0.4) is 0 Å². The highest BCUT2D eigenvalue weighted by Gasteiger charge is 2.05. The lowest BCUT2D eigenvalue weighted by Crippen LogP contribution is -2.15. The summed E-state index contributed by atoms with van der Waals surface area (Å²) in [7, 11) is 0. The Labute approximate surface area is 134 Å². The first-order valence-electron chi connectivity index (χ1n) is 7.10. The van der Waals surface area contributed by atoms with E-state index in [0.717, 1.165) is 28.3 Å². The van der Waals surface area contributed by atoms with E-state index < -0.39 is 6.09 Å². The van der Waals surface area contributed by atoms with Crippen LogP contribution < -0.4 is 11.1 Å². The Kier molecular flexibility index (Phi) is 6.09. The predicted octanol–water partition coefficient (Wildman–Crippen LogP) is 4.16. The number of rotatable bonds is 6. The minimum absolute atomic E-state index is 0.419. The van der Waals surface area contributed by atoms with Gasteiger partial charge in [-0.3, -0.25) is 5.32 Å². The van der Waals surface area contributed by atoms with Gasteiger partial charge in [-0.1, -0.05) is 25.1 Å². The van der Waals surface area contributed by atoms with E-state index in [1.54, 1.807) is 18.0 Å². The van der Waals surface area contributed by atoms with Gasteiger partial charge in [0.05, 0.1) is 6.61 Å². The van der Waals surface area contributed by atoms with Gasteiger partial charge in [-0.05, 0) is 42.8 Å². The molecule has 2 rings (SSSR count). The lowest BCUT2D eigenvalue weighted by molar-refractivity contribution is 0.160. The fourth-order valence-corrected chi connectivity index (χ4v) is 2.51. The monoisotopic (exact) mass is 317 g/mol. The summed E-state index contributed by atoms with van der Waals surface area (Å²) in [5.41, 5.74) is 6.40. The second-order valence-electron chi connectivity index (χ2n) is 4.66. The average Bonchev–Trinajstić information content (AvgIpc) is 2.50. The van der Waals surface area contributed by atoms with Crippen LogP contribution in [0.4, 0.5) is 16.3 Å². The Morgan fingerprint density at radius 2 is 2.05 bits per heavy atom. The van der Waals surface area contributed by atoms with Crippen molar-refractivity contribution in [3.63, 3.8) is 0 Å². The van der Waals surface area contributed by atoms with Crippen LogP contribution in [0, 0.1) is 0 Å². The molecule has 116 valence electrons. The number of ether oxygens (including phenoxy) is 1. The third kappa shape index (κ3) is 5.29. The number of hydrogen-bond acceptors (Lipinski definition) is 5. The molecule has 6 heteroatoms. The second-order valence-corrected chi connectivity index (χ2v) is 5.81. The third-order valence-corrected chi connectivity index (χ3v) is 3.81. The van der Waals surface area contributed by atoms with E-state index in [2.05, 4.69) is 10.3 Å². The maximum atomic E-state index is 11.6. The number of aromatic nitrogens is 1. The number of hydrogen-bond donors (Lipinski definition) is 2. The largest absolute Gasteiger partial charge is 0.449 e. The van der Waals surface area contributed by atoms with Crippen LogP contribution in [-0.4, -0.2) is 17.7 Å². The number of pyridine rings is 1. The summed E-state index contributed by atoms with van der Waals surface area (Å²) < 4.78 is 5.05. The smallest absolute Gasteiger partial charge is 0.412 e. The van der Waals surface area contributed by atoms with Gasteiger partial charge in [0.15, 0.2) is 0 Å². The highest BCUT2D eigenvalue weighted by Crippen LogP contribution is 2.29. The minimum atomic E-state index is -0.476. The summed E-state index contributed by atoms with van der Waals surface area (Å²) >= 11 is 1.57. The minimum Gasteiger partial charge on any atom is -0.449 e. The lowest BCUT2D eigenvalue weighted by atomic mass is 10.3. The molecular formula is C16H19N3O2S. The standard InChI is InChI=1S/C16H19N3O2S/c1-2-3-10-21-16(20)19-15-11-14(8-9-18-15)22-13-6-4-12(17)5-7-13/h4-9,11H,2-3,10,17H2,1H3,(H,18,19,20). The van der Waals surface area contributed by atoms with Crippen molar-refractivity contribution in [2.45, 2.75) is 29.6 Å². The molecule has 1 aromatic carbocycles. The van der Waals surface area contributed by atoms with Gasteiger partial charge in [0, 0.05) is 21.7 Å². The summed E-state index contributed by atoms with van der Waals surface area (Å²) in [6.07, 6.45) is 3.02. The molecule has 1 amide bonds. The molecule has 0 unspecified atom stereocenters. The van der Waals surface area contributed by atoms with E-state index in [1.165, 1.54) is 0 Å². The highest BCUT2D eigenvalue weighted by atomic mass is 32.2. The molecule has 0 fully saturated rings. The molecule has 0 spiro atoms. The van der Waals surface area contributed by atoms with Gasteiger partial charge in [-0.25, -0.2) is 9.78 Å². The number of amides is 1. The van der Waals surface area contributed by atoms with Gasteiger partial charge in [0.1, 0.15) is 5.82 Å². The number of carbonyl (C=O) groups is 1. The molecule has 5 nitrogen and oxygen atoms in total. The first-order chi connectivity index (χ1) is 10.7. The fraction of sp³-hybridized carbons (Fsp3) is 0.250. The van der Waals surface area contributed by atoms with Gasteiger partial charge in [0.25, 0.3) is 0 Å². The van der Waals surface area contributed by atoms with Crippen molar-refractivity contribution in [3.8, 4) is 0 Å². The van der Waals surface area contributed by atoms with Crippen LogP contribution in [-0.2, 0) is 4.74 Å². The maximum absolute atomic E-state index is 11.6. The quantitative estimate of drug-likeness (QED) is 0.618.